The van der Waals surface area contributed by atoms with E-state index in [0.717, 1.165) is 22.3 Å². The molecule has 0 bridgehead atoms. The molecule has 0 saturated carbocycles. The first-order chi connectivity index (χ1) is 14.5. The number of benzene rings is 4. The molecule has 0 heterocycles. The maximum atomic E-state index is 4.06. The Morgan fingerprint density at radius 3 is 0.588 bits per heavy atom. The predicted octanol–water partition coefficient (Wildman–Crippen LogP) is 7.37. The minimum absolute atomic E-state index is 0. The fourth-order valence-corrected chi connectivity index (χ4v) is 4.05. The summed E-state index contributed by atoms with van der Waals surface area (Å²) in [5.74, 6) is 0.301. The van der Waals surface area contributed by atoms with E-state index < -0.39 is 0 Å². The fraction of sp³-hybridized carbons (Fsp3) is 0.0667. The maximum Gasteiger partial charge on any atom is 0.0156 e. The van der Waals surface area contributed by atoms with E-state index in [1.165, 1.54) is 22.3 Å². The molecule has 0 amide bonds. The molecule has 4 aromatic rings. The topological polar surface area (TPSA) is 0 Å². The van der Waals surface area contributed by atoms with Gasteiger partial charge in [0.2, 0.25) is 0 Å². The van der Waals surface area contributed by atoms with Crippen LogP contribution in [0.25, 0.3) is 0 Å². The molecule has 4 radical (unpaired) electrons. The van der Waals surface area contributed by atoms with Gasteiger partial charge >= 0.3 is 0 Å². The summed E-state index contributed by atoms with van der Waals surface area (Å²) in [7, 11) is 0. The first-order valence-corrected chi connectivity index (χ1v) is 10.2. The Morgan fingerprint density at radius 1 is 0.294 bits per heavy atom. The van der Waals surface area contributed by atoms with E-state index in [1.807, 2.05) is 0 Å². The van der Waals surface area contributed by atoms with Gasteiger partial charge in [-0.2, -0.15) is 98.5 Å². The van der Waals surface area contributed by atoms with Gasteiger partial charge in [-0.05, 0) is 0 Å². The molecule has 0 N–H and O–H groups in total. The van der Waals surface area contributed by atoms with Gasteiger partial charge in [-0.3, -0.25) is 0 Å². The van der Waals surface area contributed by atoms with E-state index in [4.69, 9.17) is 0 Å². The van der Waals surface area contributed by atoms with Crippen LogP contribution >= 0.6 is 0 Å². The van der Waals surface area contributed by atoms with E-state index in [9.17, 15) is 0 Å². The summed E-state index contributed by atoms with van der Waals surface area (Å²) >= 11 is 0. The molecular formula is C30H26Y4-4. The summed E-state index contributed by atoms with van der Waals surface area (Å²) in [6.45, 7) is 16.3. The molecule has 0 fully saturated rings. The van der Waals surface area contributed by atoms with Crippen LogP contribution in [0, 0.1) is 27.7 Å². The van der Waals surface area contributed by atoms with Crippen molar-refractivity contribution in [2.45, 2.75) is 11.8 Å². The molecule has 0 spiro atoms. The van der Waals surface area contributed by atoms with Crippen LogP contribution in [0.5, 0.6) is 0 Å². The molecule has 0 saturated heterocycles. The first-order valence-electron chi connectivity index (χ1n) is 10.2. The van der Waals surface area contributed by atoms with Crippen molar-refractivity contribution in [2.75, 3.05) is 0 Å². The Kier molecular flexibility index (Phi) is 17.0. The van der Waals surface area contributed by atoms with Gasteiger partial charge < -0.3 is 0 Å². The molecule has 34 heavy (non-hydrogen) atoms. The zero-order valence-electron chi connectivity index (χ0n) is 19.5. The third-order valence-corrected chi connectivity index (χ3v) is 5.69. The molecule has 0 aliphatic carbocycles. The van der Waals surface area contributed by atoms with Gasteiger partial charge in [0.25, 0.3) is 0 Å². The summed E-state index contributed by atoms with van der Waals surface area (Å²) < 4.78 is 0. The van der Waals surface area contributed by atoms with Crippen LogP contribution in [0.1, 0.15) is 56.3 Å². The average Bonchev–Trinajstić information content (AvgIpc) is 2.75. The van der Waals surface area contributed by atoms with Crippen molar-refractivity contribution >= 4 is 0 Å². The molecule has 4 rings (SSSR count). The smallest absolute Gasteiger partial charge is 0.0156 e. The van der Waals surface area contributed by atoms with E-state index in [2.05, 4.69) is 125 Å². The Labute approximate surface area is 306 Å². The zero-order chi connectivity index (χ0) is 21.1. The van der Waals surface area contributed by atoms with Gasteiger partial charge in [-0.1, -0.05) is 22.3 Å². The molecule has 4 aromatic carbocycles. The zero-order valence-corrected chi connectivity index (χ0v) is 30.9. The van der Waals surface area contributed by atoms with Gasteiger partial charge in [0.15, 0.2) is 0 Å². The molecule has 4 heteroatoms. The van der Waals surface area contributed by atoms with Gasteiger partial charge in [0.1, 0.15) is 0 Å². The van der Waals surface area contributed by atoms with Crippen molar-refractivity contribution in [3.05, 3.63) is 169 Å². The molecule has 0 aliphatic heterocycles. The maximum absolute atomic E-state index is 4.06. The van der Waals surface area contributed by atoms with Gasteiger partial charge in [0.05, 0.1) is 0 Å². The molecule has 0 atom stereocenters. The average molecular weight is 742 g/mol. The third-order valence-electron chi connectivity index (χ3n) is 5.69. The second kappa shape index (κ2) is 16.6. The van der Waals surface area contributed by atoms with Crippen molar-refractivity contribution in [3.8, 4) is 0 Å². The van der Waals surface area contributed by atoms with E-state index in [-0.39, 0.29) is 143 Å². The van der Waals surface area contributed by atoms with E-state index >= 15 is 0 Å². The minimum atomic E-state index is 0. The molecule has 162 valence electrons. The van der Waals surface area contributed by atoms with Gasteiger partial charge in [-0.15, -0.1) is 48.5 Å². The minimum Gasteiger partial charge on any atom is -0.199 e. The summed E-state index contributed by atoms with van der Waals surface area (Å²) in [4.78, 5) is 0. The molecule has 0 aromatic heterocycles. The monoisotopic (exact) mass is 742 g/mol. The molecule has 0 aliphatic rings. The molecular weight excluding hydrogens is 716 g/mol. The quantitative estimate of drug-likeness (QED) is 0.188. The van der Waals surface area contributed by atoms with Gasteiger partial charge in [0, 0.05) is 143 Å². The van der Waals surface area contributed by atoms with E-state index in [1.54, 1.807) is 0 Å². The Morgan fingerprint density at radius 2 is 0.441 bits per heavy atom. The summed E-state index contributed by atoms with van der Waals surface area (Å²) in [6, 6.07) is 34.3. The molecule has 0 nitrogen and oxygen atoms in total. The number of rotatable bonds is 5. The normalized spacial score (nSPS) is 9.82. The van der Waals surface area contributed by atoms with Crippen molar-refractivity contribution in [2.24, 2.45) is 0 Å². The first kappa shape index (κ1) is 34.8. The third kappa shape index (κ3) is 8.96. The van der Waals surface area contributed by atoms with Crippen LogP contribution in [-0.2, 0) is 131 Å². The van der Waals surface area contributed by atoms with Crippen molar-refractivity contribution in [1.29, 1.82) is 0 Å². The number of hydrogen-bond acceptors (Lipinski definition) is 0. The van der Waals surface area contributed by atoms with Crippen LogP contribution in [-0.4, -0.2) is 0 Å². The standard InChI is InChI=1S/C30H26.4Y/c1-21-5-13-25(14-6-21)29(26-15-7-22(2)8-16-26)30(27-17-9-23(3)10-18-27)28-19-11-24(4)12-20-28;;;;/h5-20,29-30H,1-4H2;;;;/q-4;;;;. The van der Waals surface area contributed by atoms with Crippen molar-refractivity contribution in [3.63, 3.8) is 0 Å². The summed E-state index contributed by atoms with van der Waals surface area (Å²) in [5, 5.41) is 0. The SMILES string of the molecule is [CH2-]c1ccc(C(c2ccc([CH2-])cc2)C(c2ccc([CH2-])cc2)c2ccc([CH2-])cc2)cc1.[Y].[Y].[Y].[Y]. The van der Waals surface area contributed by atoms with E-state index in [0.29, 0.717) is 0 Å². The molecule has 0 unspecified atom stereocenters. The number of hydrogen-bond donors (Lipinski definition) is 0. The van der Waals surface area contributed by atoms with Crippen molar-refractivity contribution in [1.82, 2.24) is 0 Å². The summed E-state index contributed by atoms with van der Waals surface area (Å²) in [6.07, 6.45) is 0. The predicted molar refractivity (Wildman–Crippen MR) is 127 cm³/mol. The largest absolute Gasteiger partial charge is 0.199 e. The second-order valence-corrected chi connectivity index (χ2v) is 7.92. The van der Waals surface area contributed by atoms with Crippen LogP contribution in [0.2, 0.25) is 0 Å². The Balaban J connectivity index is 0.00000272. The van der Waals surface area contributed by atoms with Gasteiger partial charge in [-0.25, -0.2) is 0 Å². The second-order valence-electron chi connectivity index (χ2n) is 7.92. The van der Waals surface area contributed by atoms with Crippen LogP contribution in [0.4, 0.5) is 0 Å². The van der Waals surface area contributed by atoms with Crippen LogP contribution in [0.15, 0.2) is 97.1 Å². The Hall–Kier alpha value is 0.776. The Bertz CT molecular complexity index is 917. The summed E-state index contributed by atoms with van der Waals surface area (Å²) in [5.41, 5.74) is 9.14. The van der Waals surface area contributed by atoms with Crippen LogP contribution in [0.3, 0.4) is 0 Å². The van der Waals surface area contributed by atoms with Crippen molar-refractivity contribution < 1.29 is 131 Å². The fourth-order valence-electron chi connectivity index (χ4n) is 4.05. The van der Waals surface area contributed by atoms with Crippen LogP contribution < -0.4 is 0 Å².